The Hall–Kier alpha value is -1.26. The van der Waals surface area contributed by atoms with E-state index in [0.717, 1.165) is 4.57 Å². The summed E-state index contributed by atoms with van der Waals surface area (Å²) in [6.07, 6.45) is 0.0742. The fraction of sp³-hybridized carbons (Fsp3) is 0.429. The maximum Gasteiger partial charge on any atom is 0.272 e. The summed E-state index contributed by atoms with van der Waals surface area (Å²) in [7, 11) is 0. The number of rotatable bonds is 2. The van der Waals surface area contributed by atoms with Crippen LogP contribution in [-0.2, 0) is 6.54 Å². The fourth-order valence-corrected chi connectivity index (χ4v) is 0.849. The molecule has 66 valence electrons. The Balaban J connectivity index is 3.01. The summed E-state index contributed by atoms with van der Waals surface area (Å²) >= 11 is 0. The van der Waals surface area contributed by atoms with E-state index >= 15 is 0 Å². The minimum absolute atomic E-state index is 0.234. The maximum absolute atomic E-state index is 11.9. The highest BCUT2D eigenvalue weighted by atomic mass is 19.3. The van der Waals surface area contributed by atoms with Gasteiger partial charge >= 0.3 is 0 Å². The summed E-state index contributed by atoms with van der Waals surface area (Å²) in [6, 6.07) is 0. The molecule has 5 heteroatoms. The number of hydrogen-bond acceptors (Lipinski definition) is 2. The minimum Gasteiger partial charge on any atom is -0.307 e. The van der Waals surface area contributed by atoms with E-state index in [1.54, 1.807) is 0 Å². The van der Waals surface area contributed by atoms with Gasteiger partial charge in [0, 0.05) is 12.4 Å². The van der Waals surface area contributed by atoms with Crippen molar-refractivity contribution in [1.82, 2.24) is 9.55 Å². The molecule has 0 fully saturated rings. The molecule has 0 radical (unpaired) electrons. The van der Waals surface area contributed by atoms with Crippen molar-refractivity contribution in [3.8, 4) is 0 Å². The molecule has 0 aliphatic carbocycles. The van der Waals surface area contributed by atoms with Gasteiger partial charge in [0.25, 0.3) is 12.0 Å². The quantitative estimate of drug-likeness (QED) is 0.665. The van der Waals surface area contributed by atoms with Crippen LogP contribution in [-0.4, -0.2) is 16.0 Å². The normalized spacial score (nSPS) is 10.7. The van der Waals surface area contributed by atoms with Gasteiger partial charge in [-0.15, -0.1) is 0 Å². The van der Waals surface area contributed by atoms with Gasteiger partial charge in [-0.2, -0.15) is 0 Å². The lowest BCUT2D eigenvalue weighted by atomic mass is 10.5. The van der Waals surface area contributed by atoms with Crippen molar-refractivity contribution in [1.29, 1.82) is 0 Å². The molecule has 0 aromatic carbocycles. The summed E-state index contributed by atoms with van der Waals surface area (Å²) in [5.41, 5.74) is -0.226. The third-order valence-corrected chi connectivity index (χ3v) is 1.42. The number of hydrogen-bond donors (Lipinski definition) is 0. The first-order valence-electron chi connectivity index (χ1n) is 3.41. The van der Waals surface area contributed by atoms with Gasteiger partial charge < -0.3 is 4.57 Å². The van der Waals surface area contributed by atoms with Gasteiger partial charge in [-0.05, 0) is 6.92 Å². The SMILES string of the molecule is Cc1nccn(CC(F)F)c1=O. The maximum atomic E-state index is 11.9. The molecule has 1 rings (SSSR count). The van der Waals surface area contributed by atoms with Crippen molar-refractivity contribution in [3.05, 3.63) is 28.4 Å². The molecule has 0 saturated carbocycles. The van der Waals surface area contributed by atoms with Crippen molar-refractivity contribution in [2.24, 2.45) is 0 Å². The van der Waals surface area contributed by atoms with Gasteiger partial charge in [-0.25, -0.2) is 8.78 Å². The van der Waals surface area contributed by atoms with Crippen LogP contribution >= 0.6 is 0 Å². The molecule has 1 aromatic heterocycles. The summed E-state index contributed by atoms with van der Waals surface area (Å²) in [5, 5.41) is 0. The van der Waals surface area contributed by atoms with Gasteiger partial charge in [-0.3, -0.25) is 9.78 Å². The van der Waals surface area contributed by atoms with E-state index in [1.807, 2.05) is 0 Å². The molecule has 0 spiro atoms. The predicted molar refractivity (Wildman–Crippen MR) is 39.2 cm³/mol. The standard InChI is InChI=1S/C7H8F2N2O/c1-5-7(12)11(3-2-10-5)4-6(8)9/h2-3,6H,4H2,1H3. The predicted octanol–water partition coefficient (Wildman–Crippen LogP) is 0.817. The molecule has 1 aromatic rings. The molecule has 3 nitrogen and oxygen atoms in total. The molecule has 0 aliphatic rings. The highest BCUT2D eigenvalue weighted by molar-refractivity contribution is 4.94. The van der Waals surface area contributed by atoms with Crippen LogP contribution in [0.25, 0.3) is 0 Å². The Morgan fingerprint density at radius 3 is 2.92 bits per heavy atom. The second-order valence-corrected chi connectivity index (χ2v) is 2.36. The third-order valence-electron chi connectivity index (χ3n) is 1.42. The largest absolute Gasteiger partial charge is 0.307 e. The van der Waals surface area contributed by atoms with Crippen LogP contribution in [0.2, 0.25) is 0 Å². The van der Waals surface area contributed by atoms with Crippen molar-refractivity contribution < 1.29 is 8.78 Å². The summed E-state index contributed by atoms with van der Waals surface area (Å²) in [4.78, 5) is 14.7. The van der Waals surface area contributed by atoms with Crippen molar-refractivity contribution >= 4 is 0 Å². The molecule has 12 heavy (non-hydrogen) atoms. The topological polar surface area (TPSA) is 34.9 Å². The van der Waals surface area contributed by atoms with E-state index in [2.05, 4.69) is 4.98 Å². The zero-order chi connectivity index (χ0) is 9.14. The van der Waals surface area contributed by atoms with Crippen LogP contribution in [0.1, 0.15) is 5.69 Å². The average molecular weight is 174 g/mol. The lowest BCUT2D eigenvalue weighted by Crippen LogP contribution is -2.25. The molecule has 0 aliphatic heterocycles. The molecule has 1 heterocycles. The Morgan fingerprint density at radius 2 is 2.33 bits per heavy atom. The Morgan fingerprint density at radius 1 is 1.67 bits per heavy atom. The first kappa shape index (κ1) is 8.83. The number of alkyl halides is 2. The van der Waals surface area contributed by atoms with Gasteiger partial charge in [-0.1, -0.05) is 0 Å². The van der Waals surface area contributed by atoms with Crippen molar-refractivity contribution in [3.63, 3.8) is 0 Å². The van der Waals surface area contributed by atoms with Crippen LogP contribution in [0.5, 0.6) is 0 Å². The van der Waals surface area contributed by atoms with E-state index in [0.29, 0.717) is 0 Å². The smallest absolute Gasteiger partial charge is 0.272 e. The highest BCUT2D eigenvalue weighted by Gasteiger charge is 2.06. The molecule has 0 saturated heterocycles. The zero-order valence-electron chi connectivity index (χ0n) is 6.50. The second-order valence-electron chi connectivity index (χ2n) is 2.36. The molecular weight excluding hydrogens is 166 g/mol. The van der Waals surface area contributed by atoms with Gasteiger partial charge in [0.2, 0.25) is 0 Å². The van der Waals surface area contributed by atoms with Crippen LogP contribution in [0, 0.1) is 6.92 Å². The number of nitrogens with zero attached hydrogens (tertiary/aromatic N) is 2. The third kappa shape index (κ3) is 1.87. The molecule has 0 N–H and O–H groups in total. The Labute approximate surface area is 67.7 Å². The lowest BCUT2D eigenvalue weighted by Gasteiger charge is -2.03. The first-order valence-corrected chi connectivity index (χ1v) is 3.41. The molecular formula is C7H8F2N2O. The van der Waals surface area contributed by atoms with E-state index < -0.39 is 18.5 Å². The van der Waals surface area contributed by atoms with E-state index in [-0.39, 0.29) is 5.69 Å². The number of halogens is 2. The van der Waals surface area contributed by atoms with Gasteiger partial charge in [0.15, 0.2) is 0 Å². The van der Waals surface area contributed by atoms with E-state index in [9.17, 15) is 13.6 Å². The number of aromatic nitrogens is 2. The minimum atomic E-state index is -2.51. The molecule has 0 bridgehead atoms. The highest BCUT2D eigenvalue weighted by Crippen LogP contribution is 1.95. The van der Waals surface area contributed by atoms with Gasteiger partial charge in [0.05, 0.1) is 6.54 Å². The Bertz CT molecular complexity index is 321. The molecule has 0 unspecified atom stereocenters. The molecule has 0 atom stereocenters. The van der Waals surface area contributed by atoms with Crippen LogP contribution in [0.3, 0.4) is 0 Å². The van der Waals surface area contributed by atoms with E-state index in [4.69, 9.17) is 0 Å². The van der Waals surface area contributed by atoms with Crippen molar-refractivity contribution in [2.45, 2.75) is 19.9 Å². The van der Waals surface area contributed by atoms with Crippen LogP contribution in [0.4, 0.5) is 8.78 Å². The monoisotopic (exact) mass is 174 g/mol. The summed E-state index contributed by atoms with van der Waals surface area (Å²) in [6.45, 7) is 0.923. The van der Waals surface area contributed by atoms with Crippen LogP contribution < -0.4 is 5.56 Å². The van der Waals surface area contributed by atoms with Crippen molar-refractivity contribution in [2.75, 3.05) is 0 Å². The average Bonchev–Trinajstić information content (AvgIpc) is 1.98. The first-order chi connectivity index (χ1) is 5.61. The Kier molecular flexibility index (Phi) is 2.52. The summed E-state index contributed by atoms with van der Waals surface area (Å²) < 4.78 is 24.7. The molecule has 0 amide bonds. The summed E-state index contributed by atoms with van der Waals surface area (Å²) in [5.74, 6) is 0. The number of aryl methyl sites for hydroxylation is 1. The van der Waals surface area contributed by atoms with E-state index in [1.165, 1.54) is 19.3 Å². The van der Waals surface area contributed by atoms with Gasteiger partial charge in [0.1, 0.15) is 5.69 Å². The zero-order valence-corrected chi connectivity index (χ0v) is 6.50. The fourth-order valence-electron chi connectivity index (χ4n) is 0.849. The van der Waals surface area contributed by atoms with Crippen LogP contribution in [0.15, 0.2) is 17.2 Å². The second kappa shape index (κ2) is 3.42. The lowest BCUT2D eigenvalue weighted by molar-refractivity contribution is 0.125.